The molecule has 1 aliphatic rings. The summed E-state index contributed by atoms with van der Waals surface area (Å²) in [6.07, 6.45) is 7.25. The van der Waals surface area contributed by atoms with Gasteiger partial charge in [-0.05, 0) is 48.4 Å². The van der Waals surface area contributed by atoms with Gasteiger partial charge in [-0.3, -0.25) is 4.79 Å². The Morgan fingerprint density at radius 2 is 2.04 bits per heavy atom. The fourth-order valence-electron chi connectivity index (χ4n) is 3.07. The van der Waals surface area contributed by atoms with Crippen LogP contribution in [0.4, 0.5) is 5.82 Å². The van der Waals surface area contributed by atoms with E-state index in [-0.39, 0.29) is 11.8 Å². The number of pyridine rings is 2. The van der Waals surface area contributed by atoms with Crippen LogP contribution in [-0.2, 0) is 4.79 Å². The van der Waals surface area contributed by atoms with Crippen LogP contribution in [0.25, 0.3) is 28.0 Å². The van der Waals surface area contributed by atoms with Crippen LogP contribution in [0, 0.1) is 12.8 Å². The minimum absolute atomic E-state index is 0.0632. The van der Waals surface area contributed by atoms with Crippen LogP contribution in [0.2, 0.25) is 5.15 Å². The molecule has 1 aromatic carbocycles. The van der Waals surface area contributed by atoms with Gasteiger partial charge in [0.1, 0.15) is 11.0 Å². The van der Waals surface area contributed by atoms with Gasteiger partial charge in [-0.15, -0.1) is 0 Å². The van der Waals surface area contributed by atoms with E-state index in [4.69, 9.17) is 11.6 Å². The lowest BCUT2D eigenvalue weighted by Gasteiger charge is -2.11. The Labute approximate surface area is 156 Å². The third kappa shape index (κ3) is 3.08. The second-order valence-corrected chi connectivity index (χ2v) is 6.96. The molecule has 4 rings (SSSR count). The fraction of sp³-hybridized carbons (Fsp3) is 0.190. The monoisotopic (exact) mass is 363 g/mol. The molecule has 1 N–H and O–H groups in total. The molecule has 1 fully saturated rings. The van der Waals surface area contributed by atoms with Gasteiger partial charge < -0.3 is 5.32 Å². The summed E-state index contributed by atoms with van der Waals surface area (Å²) in [7, 11) is 0. The predicted octanol–water partition coefficient (Wildman–Crippen LogP) is 5.25. The SMILES string of the molecule is C=Cc1c(Cl)ncc(-c2ccc3cc(NC(=O)C4CC4)ncc3c2)c1C. The number of hydrogen-bond donors (Lipinski definition) is 1. The maximum absolute atomic E-state index is 11.9. The molecule has 2 aromatic heterocycles. The van der Waals surface area contributed by atoms with Crippen LogP contribution in [0.5, 0.6) is 0 Å². The van der Waals surface area contributed by atoms with Gasteiger partial charge in [-0.25, -0.2) is 9.97 Å². The number of nitrogens with one attached hydrogen (secondary N) is 1. The first kappa shape index (κ1) is 16.7. The molecule has 0 radical (unpaired) electrons. The molecule has 3 aromatic rings. The Hall–Kier alpha value is -2.72. The van der Waals surface area contributed by atoms with Crippen LogP contribution < -0.4 is 5.32 Å². The zero-order chi connectivity index (χ0) is 18.3. The fourth-order valence-corrected chi connectivity index (χ4v) is 3.33. The summed E-state index contributed by atoms with van der Waals surface area (Å²) in [4.78, 5) is 20.5. The third-order valence-electron chi connectivity index (χ3n) is 4.77. The van der Waals surface area contributed by atoms with Gasteiger partial charge in [0, 0.05) is 34.8 Å². The summed E-state index contributed by atoms with van der Waals surface area (Å²) in [5.41, 5.74) is 3.94. The van der Waals surface area contributed by atoms with Gasteiger partial charge in [0.05, 0.1) is 0 Å². The molecule has 5 heteroatoms. The summed E-state index contributed by atoms with van der Waals surface area (Å²) in [5.74, 6) is 0.822. The highest BCUT2D eigenvalue weighted by molar-refractivity contribution is 6.31. The molecule has 0 spiro atoms. The van der Waals surface area contributed by atoms with Crippen molar-refractivity contribution in [1.29, 1.82) is 0 Å². The quantitative estimate of drug-likeness (QED) is 0.644. The highest BCUT2D eigenvalue weighted by Crippen LogP contribution is 2.32. The number of rotatable bonds is 4. The number of anilines is 1. The Morgan fingerprint density at radius 1 is 1.23 bits per heavy atom. The summed E-state index contributed by atoms with van der Waals surface area (Å²) >= 11 is 6.14. The van der Waals surface area contributed by atoms with Crippen LogP contribution in [0.3, 0.4) is 0 Å². The third-order valence-corrected chi connectivity index (χ3v) is 5.07. The molecular formula is C21H18ClN3O. The van der Waals surface area contributed by atoms with Crippen LogP contribution in [-0.4, -0.2) is 15.9 Å². The summed E-state index contributed by atoms with van der Waals surface area (Å²) in [5, 5.41) is 5.37. The minimum atomic E-state index is 0.0632. The number of amides is 1. The molecule has 0 bridgehead atoms. The molecule has 2 heterocycles. The second kappa shape index (κ2) is 6.54. The van der Waals surface area contributed by atoms with Crippen molar-refractivity contribution in [3.63, 3.8) is 0 Å². The average Bonchev–Trinajstić information content (AvgIpc) is 3.47. The number of halogens is 1. The van der Waals surface area contributed by atoms with Gasteiger partial charge in [0.2, 0.25) is 5.91 Å². The van der Waals surface area contributed by atoms with Crippen LogP contribution >= 0.6 is 11.6 Å². The maximum Gasteiger partial charge on any atom is 0.228 e. The van der Waals surface area contributed by atoms with E-state index in [1.807, 2.05) is 25.1 Å². The van der Waals surface area contributed by atoms with E-state index >= 15 is 0 Å². The van der Waals surface area contributed by atoms with E-state index in [2.05, 4.69) is 27.9 Å². The Kier molecular flexibility index (Phi) is 4.21. The minimum Gasteiger partial charge on any atom is -0.310 e. The van der Waals surface area contributed by atoms with Gasteiger partial charge >= 0.3 is 0 Å². The molecule has 0 aliphatic heterocycles. The van der Waals surface area contributed by atoms with Gasteiger partial charge in [0.15, 0.2) is 0 Å². The lowest BCUT2D eigenvalue weighted by Crippen LogP contribution is -2.14. The number of nitrogens with zero attached hydrogens (tertiary/aromatic N) is 2. The van der Waals surface area contributed by atoms with Crippen molar-refractivity contribution < 1.29 is 4.79 Å². The Bertz CT molecular complexity index is 1040. The van der Waals surface area contributed by atoms with Crippen molar-refractivity contribution in [3.8, 4) is 11.1 Å². The zero-order valence-corrected chi connectivity index (χ0v) is 15.2. The highest BCUT2D eigenvalue weighted by atomic mass is 35.5. The predicted molar refractivity (Wildman–Crippen MR) is 106 cm³/mol. The first-order chi connectivity index (χ1) is 12.6. The number of hydrogen-bond acceptors (Lipinski definition) is 3. The molecule has 130 valence electrons. The molecule has 1 saturated carbocycles. The molecule has 26 heavy (non-hydrogen) atoms. The van der Waals surface area contributed by atoms with Crippen molar-refractivity contribution in [2.24, 2.45) is 5.92 Å². The highest BCUT2D eigenvalue weighted by Gasteiger charge is 2.29. The summed E-state index contributed by atoms with van der Waals surface area (Å²) < 4.78 is 0. The van der Waals surface area contributed by atoms with Crippen molar-refractivity contribution >= 4 is 40.2 Å². The molecule has 0 saturated heterocycles. The number of carbonyl (C=O) groups excluding carboxylic acids is 1. The molecule has 0 unspecified atom stereocenters. The molecular weight excluding hydrogens is 346 g/mol. The number of aromatic nitrogens is 2. The molecule has 1 amide bonds. The number of carbonyl (C=O) groups is 1. The number of benzene rings is 1. The van der Waals surface area contributed by atoms with Gasteiger partial charge in [-0.2, -0.15) is 0 Å². The summed E-state index contributed by atoms with van der Waals surface area (Å²) in [6, 6.07) is 8.04. The van der Waals surface area contributed by atoms with E-state index in [1.54, 1.807) is 18.5 Å². The molecule has 1 aliphatic carbocycles. The number of fused-ring (bicyclic) bond motifs is 1. The first-order valence-electron chi connectivity index (χ1n) is 8.55. The van der Waals surface area contributed by atoms with E-state index in [1.165, 1.54) is 0 Å². The van der Waals surface area contributed by atoms with E-state index in [0.29, 0.717) is 11.0 Å². The molecule has 0 atom stereocenters. The van der Waals surface area contributed by atoms with Crippen LogP contribution in [0.15, 0.2) is 43.2 Å². The average molecular weight is 364 g/mol. The lowest BCUT2D eigenvalue weighted by atomic mass is 9.97. The normalized spacial score (nSPS) is 13.6. The first-order valence-corrected chi connectivity index (χ1v) is 8.93. The smallest absolute Gasteiger partial charge is 0.228 e. The topological polar surface area (TPSA) is 54.9 Å². The van der Waals surface area contributed by atoms with Crippen molar-refractivity contribution in [3.05, 3.63) is 59.5 Å². The molecule has 4 nitrogen and oxygen atoms in total. The summed E-state index contributed by atoms with van der Waals surface area (Å²) in [6.45, 7) is 5.83. The van der Waals surface area contributed by atoms with E-state index < -0.39 is 0 Å². The standard InChI is InChI=1S/C21H18ClN3O/c1-3-17-12(2)18(11-24-20(17)22)15-7-6-14-9-19(23-10-16(14)8-15)25-21(26)13-4-5-13/h3,6-11,13H,1,4-5H2,2H3,(H,23,25,26). The zero-order valence-electron chi connectivity index (χ0n) is 14.4. The Balaban J connectivity index is 1.70. The van der Waals surface area contributed by atoms with Crippen molar-refractivity contribution in [1.82, 2.24) is 9.97 Å². The van der Waals surface area contributed by atoms with E-state index in [0.717, 1.165) is 45.9 Å². The lowest BCUT2D eigenvalue weighted by molar-refractivity contribution is -0.117. The largest absolute Gasteiger partial charge is 0.310 e. The van der Waals surface area contributed by atoms with Crippen molar-refractivity contribution in [2.45, 2.75) is 19.8 Å². The van der Waals surface area contributed by atoms with E-state index in [9.17, 15) is 4.79 Å². The van der Waals surface area contributed by atoms with Gasteiger partial charge in [-0.1, -0.05) is 36.4 Å². The van der Waals surface area contributed by atoms with Crippen molar-refractivity contribution in [2.75, 3.05) is 5.32 Å². The van der Waals surface area contributed by atoms with Gasteiger partial charge in [0.25, 0.3) is 0 Å². The van der Waals surface area contributed by atoms with Crippen LogP contribution in [0.1, 0.15) is 24.0 Å². The second-order valence-electron chi connectivity index (χ2n) is 6.60. The maximum atomic E-state index is 11.9. The Morgan fingerprint density at radius 3 is 2.77 bits per heavy atom.